The minimum absolute atomic E-state index is 0.0465. The zero-order valence-corrected chi connectivity index (χ0v) is 17.8. The summed E-state index contributed by atoms with van der Waals surface area (Å²) < 4.78 is 29.7. The summed E-state index contributed by atoms with van der Waals surface area (Å²) in [6, 6.07) is 5.61. The van der Waals surface area contributed by atoms with Crippen molar-refractivity contribution in [1.29, 1.82) is 0 Å². The average molecular weight is 442 g/mol. The van der Waals surface area contributed by atoms with Gasteiger partial charge in [-0.1, -0.05) is 13.8 Å². The van der Waals surface area contributed by atoms with Crippen molar-refractivity contribution in [2.75, 3.05) is 6.61 Å². The molecule has 3 N–H and O–H groups in total. The molecule has 0 aliphatic heterocycles. The summed E-state index contributed by atoms with van der Waals surface area (Å²) in [6.07, 6.45) is 2.24. The maximum absolute atomic E-state index is 14.2. The molecule has 0 radical (unpaired) electrons. The second-order valence-corrected chi connectivity index (χ2v) is 8.19. The number of carboxylic acids is 1. The number of rotatable bonds is 8. The van der Waals surface area contributed by atoms with E-state index in [0.717, 1.165) is 28.8 Å². The molecule has 9 heteroatoms. The molecule has 0 aliphatic rings. The van der Waals surface area contributed by atoms with Crippen LogP contribution in [0, 0.1) is 11.6 Å². The van der Waals surface area contributed by atoms with Gasteiger partial charge in [0.25, 0.3) is 0 Å². The number of aliphatic carboxylic acids is 1. The molecule has 3 aromatic heterocycles. The summed E-state index contributed by atoms with van der Waals surface area (Å²) in [5.41, 5.74) is 3.95. The van der Waals surface area contributed by atoms with Crippen LogP contribution in [0.15, 0.2) is 30.5 Å². The number of hydrogen-bond donors (Lipinski definition) is 3. The van der Waals surface area contributed by atoms with Crippen molar-refractivity contribution in [1.82, 2.24) is 19.7 Å². The second kappa shape index (κ2) is 8.66. The Kier molecular flexibility index (Phi) is 5.92. The number of carboxylic acid groups (broad SMARTS) is 1. The number of halogens is 2. The van der Waals surface area contributed by atoms with Gasteiger partial charge in [0, 0.05) is 41.4 Å². The fourth-order valence-corrected chi connectivity index (χ4v) is 4.37. The lowest BCUT2D eigenvalue weighted by Crippen LogP contribution is -2.11. The first kappa shape index (κ1) is 21.9. The Morgan fingerprint density at radius 1 is 1.19 bits per heavy atom. The van der Waals surface area contributed by atoms with E-state index in [1.165, 1.54) is 6.07 Å². The first-order chi connectivity index (χ1) is 15.3. The topological polar surface area (TPSA) is 104 Å². The fourth-order valence-electron chi connectivity index (χ4n) is 4.37. The molecule has 168 valence electrons. The van der Waals surface area contributed by atoms with Crippen molar-refractivity contribution >= 4 is 28.0 Å². The number of H-pyrrole nitrogens is 1. The number of aromatic nitrogens is 4. The van der Waals surface area contributed by atoms with E-state index in [9.17, 15) is 23.8 Å². The molecule has 0 unspecified atom stereocenters. The van der Waals surface area contributed by atoms with Crippen LogP contribution in [0.5, 0.6) is 0 Å². The summed E-state index contributed by atoms with van der Waals surface area (Å²) >= 11 is 0. The molecule has 4 rings (SSSR count). The molecule has 0 bridgehead atoms. The molecule has 0 saturated carbocycles. The highest BCUT2D eigenvalue weighted by Gasteiger charge is 2.28. The third kappa shape index (κ3) is 3.84. The fraction of sp³-hybridized carbons (Fsp3) is 0.348. The highest BCUT2D eigenvalue weighted by molar-refractivity contribution is 5.93. The molecule has 0 amide bonds. The van der Waals surface area contributed by atoms with Gasteiger partial charge in [0.15, 0.2) is 17.3 Å². The van der Waals surface area contributed by atoms with Crippen molar-refractivity contribution in [2.24, 2.45) is 0 Å². The Balaban J connectivity index is 2.08. The summed E-state index contributed by atoms with van der Waals surface area (Å²) in [7, 11) is 0. The molecule has 1 aromatic carbocycles. The molecule has 7 nitrogen and oxygen atoms in total. The van der Waals surface area contributed by atoms with Crippen LogP contribution >= 0.6 is 0 Å². The number of aromatic amines is 1. The Morgan fingerprint density at radius 2 is 1.97 bits per heavy atom. The van der Waals surface area contributed by atoms with E-state index >= 15 is 0 Å². The van der Waals surface area contributed by atoms with E-state index in [1.54, 1.807) is 6.20 Å². The summed E-state index contributed by atoms with van der Waals surface area (Å²) in [5.74, 6) is -3.15. The van der Waals surface area contributed by atoms with E-state index < -0.39 is 17.6 Å². The number of aliphatic hydroxyl groups excluding tert-OH is 1. The maximum atomic E-state index is 14.2. The predicted molar refractivity (Wildman–Crippen MR) is 116 cm³/mol. The lowest BCUT2D eigenvalue weighted by molar-refractivity contribution is -0.137. The molecular formula is C23H24F2N4O3. The first-order valence-electron chi connectivity index (χ1n) is 10.5. The van der Waals surface area contributed by atoms with Gasteiger partial charge in [-0.3, -0.25) is 9.89 Å². The Labute approximate surface area is 182 Å². The molecule has 0 aliphatic carbocycles. The molecule has 1 atom stereocenters. The van der Waals surface area contributed by atoms with Crippen LogP contribution in [0.2, 0.25) is 0 Å². The van der Waals surface area contributed by atoms with Gasteiger partial charge in [-0.25, -0.2) is 13.8 Å². The van der Waals surface area contributed by atoms with Gasteiger partial charge >= 0.3 is 5.97 Å². The monoisotopic (exact) mass is 442 g/mol. The van der Waals surface area contributed by atoms with Gasteiger partial charge in [0.2, 0.25) is 0 Å². The van der Waals surface area contributed by atoms with Crippen LogP contribution in [0.25, 0.3) is 27.8 Å². The third-order valence-corrected chi connectivity index (χ3v) is 5.72. The molecule has 3 heterocycles. The molecule has 0 saturated heterocycles. The SMILES string of the molecule is CC(C)c1c([C@H](CCO)CCC(=O)O)c2nc3[nH]ncc3cc2n1-c1ccc(F)c(F)c1. The van der Waals surface area contributed by atoms with Crippen LogP contribution in [-0.4, -0.2) is 42.5 Å². The number of aliphatic hydroxyl groups is 1. The molecule has 0 spiro atoms. The van der Waals surface area contributed by atoms with E-state index in [2.05, 4.69) is 10.2 Å². The number of pyridine rings is 1. The van der Waals surface area contributed by atoms with Crippen molar-refractivity contribution in [3.05, 3.63) is 53.4 Å². The standard InChI is InChI=1S/C23H24F2N4O3/c1-12(2)22-20(13(7-8-30)3-6-19(31)32)21-18(9-14-11-26-28-23(14)27-21)29(22)15-4-5-16(24)17(25)10-15/h4-5,9-13,30H,3,6-8H2,1-2H3,(H,31,32)(H,26,27,28)/t13-/m0/s1. The number of carbonyl (C=O) groups is 1. The van der Waals surface area contributed by atoms with Crippen LogP contribution in [-0.2, 0) is 4.79 Å². The lowest BCUT2D eigenvalue weighted by Gasteiger charge is -2.20. The molecule has 0 fully saturated rings. The van der Waals surface area contributed by atoms with Crippen LogP contribution in [0.3, 0.4) is 0 Å². The number of nitrogens with zero attached hydrogens (tertiary/aromatic N) is 3. The van der Waals surface area contributed by atoms with Gasteiger partial charge in [-0.05, 0) is 42.9 Å². The van der Waals surface area contributed by atoms with E-state index in [4.69, 9.17) is 4.98 Å². The summed E-state index contributed by atoms with van der Waals surface area (Å²) in [6.45, 7) is 3.84. The zero-order chi connectivity index (χ0) is 23.0. The Hall–Kier alpha value is -3.33. The number of hydrogen-bond acceptors (Lipinski definition) is 4. The van der Waals surface area contributed by atoms with Crippen LogP contribution in [0.4, 0.5) is 8.78 Å². The quantitative estimate of drug-likeness (QED) is 0.369. The molecule has 32 heavy (non-hydrogen) atoms. The largest absolute Gasteiger partial charge is 0.481 e. The normalized spacial score (nSPS) is 12.8. The van der Waals surface area contributed by atoms with Crippen molar-refractivity contribution < 1.29 is 23.8 Å². The zero-order valence-electron chi connectivity index (χ0n) is 17.8. The van der Waals surface area contributed by atoms with E-state index in [0.29, 0.717) is 35.2 Å². The number of nitrogens with one attached hydrogen (secondary N) is 1. The molecule has 4 aromatic rings. The summed E-state index contributed by atoms with van der Waals surface area (Å²) in [5, 5.41) is 26.6. The Morgan fingerprint density at radius 3 is 2.62 bits per heavy atom. The van der Waals surface area contributed by atoms with E-state index in [1.807, 2.05) is 24.5 Å². The van der Waals surface area contributed by atoms with Crippen LogP contribution < -0.4 is 0 Å². The van der Waals surface area contributed by atoms with Gasteiger partial charge in [-0.2, -0.15) is 5.10 Å². The first-order valence-corrected chi connectivity index (χ1v) is 10.5. The van der Waals surface area contributed by atoms with Crippen molar-refractivity contribution in [3.8, 4) is 5.69 Å². The van der Waals surface area contributed by atoms with E-state index in [-0.39, 0.29) is 24.9 Å². The highest BCUT2D eigenvalue weighted by atomic mass is 19.2. The predicted octanol–water partition coefficient (Wildman–Crippen LogP) is 4.63. The smallest absolute Gasteiger partial charge is 0.303 e. The highest BCUT2D eigenvalue weighted by Crippen LogP contribution is 2.41. The molecular weight excluding hydrogens is 418 g/mol. The average Bonchev–Trinajstić information content (AvgIpc) is 3.33. The van der Waals surface area contributed by atoms with Gasteiger partial charge in [0.05, 0.1) is 17.2 Å². The van der Waals surface area contributed by atoms with Gasteiger partial charge in [-0.15, -0.1) is 0 Å². The van der Waals surface area contributed by atoms with Gasteiger partial charge < -0.3 is 14.8 Å². The second-order valence-electron chi connectivity index (χ2n) is 8.19. The minimum Gasteiger partial charge on any atom is -0.481 e. The van der Waals surface area contributed by atoms with Crippen molar-refractivity contribution in [2.45, 2.75) is 44.9 Å². The Bertz CT molecular complexity index is 1300. The maximum Gasteiger partial charge on any atom is 0.303 e. The van der Waals surface area contributed by atoms with Crippen LogP contribution in [0.1, 0.15) is 56.2 Å². The summed E-state index contributed by atoms with van der Waals surface area (Å²) in [4.78, 5) is 16.0. The lowest BCUT2D eigenvalue weighted by atomic mass is 9.88. The third-order valence-electron chi connectivity index (χ3n) is 5.72. The van der Waals surface area contributed by atoms with Crippen molar-refractivity contribution in [3.63, 3.8) is 0 Å². The number of fused-ring (bicyclic) bond motifs is 2. The number of benzene rings is 1. The van der Waals surface area contributed by atoms with Gasteiger partial charge in [0.1, 0.15) is 0 Å². The minimum atomic E-state index is -0.962.